The number of hydrogen-bond donors (Lipinski definition) is 2. The van der Waals surface area contributed by atoms with Crippen molar-refractivity contribution in [3.05, 3.63) is 35.1 Å². The highest BCUT2D eigenvalue weighted by atomic mass is 79.9. The van der Waals surface area contributed by atoms with Gasteiger partial charge in [-0.2, -0.15) is 0 Å². The molecule has 1 heterocycles. The van der Waals surface area contributed by atoms with Crippen molar-refractivity contribution in [2.45, 2.75) is 6.04 Å². The Morgan fingerprint density at radius 3 is 2.80 bits per heavy atom. The van der Waals surface area contributed by atoms with Gasteiger partial charge in [0, 0.05) is 5.69 Å². The summed E-state index contributed by atoms with van der Waals surface area (Å²) in [5.41, 5.74) is 6.61. The van der Waals surface area contributed by atoms with E-state index in [2.05, 4.69) is 27.5 Å². The summed E-state index contributed by atoms with van der Waals surface area (Å²) in [5.74, 6) is 0. The number of aromatic nitrogens is 1. The lowest BCUT2D eigenvalue weighted by atomic mass is 10.2. The number of hydrogen-bond acceptors (Lipinski definition) is 1. The van der Waals surface area contributed by atoms with Gasteiger partial charge in [-0.15, -0.1) is 6.58 Å². The number of nitrogens with two attached hydrogens (primary N) is 1. The molecule has 0 aliphatic heterocycles. The van der Waals surface area contributed by atoms with Gasteiger partial charge in [-0.05, 0) is 28.1 Å². The molecular weight excluding hydrogens is 192 g/mol. The molecule has 0 amide bonds. The molecule has 0 saturated heterocycles. The Balaban J connectivity index is 2.84. The molecule has 0 aromatic carbocycles. The first kappa shape index (κ1) is 7.57. The molecule has 1 rings (SSSR count). The van der Waals surface area contributed by atoms with Gasteiger partial charge >= 0.3 is 0 Å². The maximum absolute atomic E-state index is 5.64. The van der Waals surface area contributed by atoms with Crippen LogP contribution in [0.3, 0.4) is 0 Å². The van der Waals surface area contributed by atoms with E-state index in [1.807, 2.05) is 12.1 Å². The minimum atomic E-state index is -0.0914. The maximum Gasteiger partial charge on any atom is 0.0822 e. The van der Waals surface area contributed by atoms with E-state index in [4.69, 9.17) is 5.73 Å². The second-order valence-electron chi connectivity index (χ2n) is 2.02. The van der Waals surface area contributed by atoms with Crippen LogP contribution in [0.15, 0.2) is 29.4 Å². The van der Waals surface area contributed by atoms with Crippen LogP contribution in [0, 0.1) is 0 Å². The van der Waals surface area contributed by atoms with E-state index in [-0.39, 0.29) is 6.04 Å². The number of rotatable bonds is 2. The summed E-state index contributed by atoms with van der Waals surface area (Å²) < 4.78 is 0.944. The number of H-pyrrole nitrogens is 1. The SMILES string of the molecule is C=C[C@@H](N)c1ccc(Br)[nH]1. The minimum absolute atomic E-state index is 0.0914. The van der Waals surface area contributed by atoms with Crippen LogP contribution < -0.4 is 5.73 Å². The highest BCUT2D eigenvalue weighted by Gasteiger charge is 2.01. The standard InChI is InChI=1S/C7H9BrN2/c1-2-5(9)6-3-4-7(8)10-6/h2-5,10H,1,9H2/t5-/m1/s1. The Hall–Kier alpha value is -0.540. The average Bonchev–Trinajstić information content (AvgIpc) is 2.34. The van der Waals surface area contributed by atoms with E-state index in [1.165, 1.54) is 0 Å². The van der Waals surface area contributed by atoms with Crippen LogP contribution in [0.4, 0.5) is 0 Å². The Labute approximate surface area is 68.3 Å². The fourth-order valence-corrected chi connectivity index (χ4v) is 1.07. The Bertz CT molecular complexity index is 229. The zero-order valence-corrected chi connectivity index (χ0v) is 7.06. The number of halogens is 1. The molecule has 0 spiro atoms. The highest BCUT2D eigenvalue weighted by molar-refractivity contribution is 9.10. The topological polar surface area (TPSA) is 41.8 Å². The molecule has 0 fully saturated rings. The predicted octanol–water partition coefficient (Wildman–Crippen LogP) is 1.96. The van der Waals surface area contributed by atoms with Crippen LogP contribution >= 0.6 is 15.9 Å². The summed E-state index contributed by atoms with van der Waals surface area (Å²) in [6.45, 7) is 3.59. The van der Waals surface area contributed by atoms with Crippen LogP contribution in [0.2, 0.25) is 0 Å². The van der Waals surface area contributed by atoms with Crippen LogP contribution in [0.25, 0.3) is 0 Å². The molecule has 0 unspecified atom stereocenters. The van der Waals surface area contributed by atoms with E-state index in [1.54, 1.807) is 6.08 Å². The molecule has 3 N–H and O–H groups in total. The summed E-state index contributed by atoms with van der Waals surface area (Å²) in [6, 6.07) is 3.75. The van der Waals surface area contributed by atoms with Crippen molar-refractivity contribution in [1.29, 1.82) is 0 Å². The predicted molar refractivity (Wildman–Crippen MR) is 45.6 cm³/mol. The largest absolute Gasteiger partial charge is 0.352 e. The van der Waals surface area contributed by atoms with Crippen LogP contribution in [-0.2, 0) is 0 Å². The van der Waals surface area contributed by atoms with Crippen molar-refractivity contribution in [2.75, 3.05) is 0 Å². The zero-order valence-electron chi connectivity index (χ0n) is 5.47. The number of nitrogens with one attached hydrogen (secondary N) is 1. The Morgan fingerprint density at radius 2 is 2.40 bits per heavy atom. The maximum atomic E-state index is 5.64. The summed E-state index contributed by atoms with van der Waals surface area (Å²) in [7, 11) is 0. The molecule has 0 aliphatic carbocycles. The molecule has 0 radical (unpaired) electrons. The van der Waals surface area contributed by atoms with Gasteiger partial charge in [-0.1, -0.05) is 6.08 Å². The summed E-state index contributed by atoms with van der Waals surface area (Å²) in [6.07, 6.45) is 1.69. The van der Waals surface area contributed by atoms with Crippen molar-refractivity contribution in [2.24, 2.45) is 5.73 Å². The van der Waals surface area contributed by atoms with Gasteiger partial charge in [0.1, 0.15) is 0 Å². The minimum Gasteiger partial charge on any atom is -0.352 e. The van der Waals surface area contributed by atoms with Gasteiger partial charge in [-0.25, -0.2) is 0 Å². The van der Waals surface area contributed by atoms with Gasteiger partial charge in [0.05, 0.1) is 10.6 Å². The molecule has 1 aromatic heterocycles. The summed E-state index contributed by atoms with van der Waals surface area (Å²) in [5, 5.41) is 0. The summed E-state index contributed by atoms with van der Waals surface area (Å²) in [4.78, 5) is 3.05. The molecule has 0 aliphatic rings. The first-order valence-corrected chi connectivity index (χ1v) is 3.76. The molecule has 10 heavy (non-hydrogen) atoms. The fraction of sp³-hybridized carbons (Fsp3) is 0.143. The fourth-order valence-electron chi connectivity index (χ4n) is 0.706. The van der Waals surface area contributed by atoms with E-state index in [0.717, 1.165) is 10.3 Å². The molecule has 1 atom stereocenters. The smallest absolute Gasteiger partial charge is 0.0822 e. The second kappa shape index (κ2) is 3.03. The third kappa shape index (κ3) is 1.49. The Kier molecular flexibility index (Phi) is 2.29. The van der Waals surface area contributed by atoms with Gasteiger partial charge in [0.25, 0.3) is 0 Å². The van der Waals surface area contributed by atoms with Crippen LogP contribution in [0.5, 0.6) is 0 Å². The molecule has 2 nitrogen and oxygen atoms in total. The second-order valence-corrected chi connectivity index (χ2v) is 2.88. The average molecular weight is 201 g/mol. The lowest BCUT2D eigenvalue weighted by Crippen LogP contribution is -2.06. The van der Waals surface area contributed by atoms with Gasteiger partial charge in [-0.3, -0.25) is 0 Å². The van der Waals surface area contributed by atoms with Crippen molar-refractivity contribution in [3.8, 4) is 0 Å². The third-order valence-corrected chi connectivity index (χ3v) is 1.75. The molecule has 1 aromatic rings. The molecular formula is C7H9BrN2. The molecule has 0 bridgehead atoms. The molecule has 0 saturated carbocycles. The van der Waals surface area contributed by atoms with Gasteiger partial charge < -0.3 is 10.7 Å². The first-order valence-electron chi connectivity index (χ1n) is 2.96. The van der Waals surface area contributed by atoms with E-state index in [0.29, 0.717) is 0 Å². The van der Waals surface area contributed by atoms with Gasteiger partial charge in [0.2, 0.25) is 0 Å². The van der Waals surface area contributed by atoms with E-state index in [9.17, 15) is 0 Å². The van der Waals surface area contributed by atoms with Crippen LogP contribution in [-0.4, -0.2) is 4.98 Å². The zero-order chi connectivity index (χ0) is 7.56. The van der Waals surface area contributed by atoms with E-state index >= 15 is 0 Å². The molecule has 54 valence electrons. The van der Waals surface area contributed by atoms with Crippen LogP contribution in [0.1, 0.15) is 11.7 Å². The van der Waals surface area contributed by atoms with Crippen molar-refractivity contribution >= 4 is 15.9 Å². The van der Waals surface area contributed by atoms with Crippen molar-refractivity contribution in [3.63, 3.8) is 0 Å². The quantitative estimate of drug-likeness (QED) is 0.705. The first-order chi connectivity index (χ1) is 4.74. The lowest BCUT2D eigenvalue weighted by Gasteiger charge is -2.00. The monoisotopic (exact) mass is 200 g/mol. The normalized spacial score (nSPS) is 13.0. The van der Waals surface area contributed by atoms with Crippen molar-refractivity contribution in [1.82, 2.24) is 4.98 Å². The summed E-state index contributed by atoms with van der Waals surface area (Å²) >= 11 is 3.28. The van der Waals surface area contributed by atoms with Gasteiger partial charge in [0.15, 0.2) is 0 Å². The number of aromatic amines is 1. The van der Waals surface area contributed by atoms with Crippen molar-refractivity contribution < 1.29 is 0 Å². The highest BCUT2D eigenvalue weighted by Crippen LogP contribution is 2.13. The van der Waals surface area contributed by atoms with E-state index < -0.39 is 0 Å². The molecule has 3 heteroatoms. The third-order valence-electron chi connectivity index (χ3n) is 1.29. The lowest BCUT2D eigenvalue weighted by molar-refractivity contribution is 0.873. The Morgan fingerprint density at radius 1 is 1.70 bits per heavy atom.